The third-order valence-corrected chi connectivity index (χ3v) is 4.43. The predicted octanol–water partition coefficient (Wildman–Crippen LogP) is 4.83. The molecule has 0 saturated heterocycles. The summed E-state index contributed by atoms with van der Waals surface area (Å²) in [6.07, 6.45) is 1.31. The fourth-order valence-electron chi connectivity index (χ4n) is 2.85. The number of aromatic nitrogens is 2. The fourth-order valence-corrected chi connectivity index (χ4v) is 2.85. The van der Waals surface area contributed by atoms with Gasteiger partial charge in [0.1, 0.15) is 5.69 Å². The normalized spacial score (nSPS) is 11.1. The number of rotatable bonds is 12. The summed E-state index contributed by atoms with van der Waals surface area (Å²) >= 11 is 0. The Kier molecular flexibility index (Phi) is 9.78. The van der Waals surface area contributed by atoms with E-state index < -0.39 is 0 Å². The second-order valence-corrected chi connectivity index (χ2v) is 6.34. The third-order valence-electron chi connectivity index (χ3n) is 4.43. The van der Waals surface area contributed by atoms with E-state index in [1.165, 1.54) is 13.5 Å². The minimum absolute atomic E-state index is 0.00991. The molecule has 168 valence electrons. The molecule has 0 unspecified atom stereocenters. The first-order chi connectivity index (χ1) is 15.6. The van der Waals surface area contributed by atoms with E-state index in [1.807, 2.05) is 19.1 Å². The Morgan fingerprint density at radius 3 is 2.34 bits per heavy atom. The number of ether oxygens (including phenoxy) is 3. The number of imidazole rings is 1. The highest BCUT2D eigenvalue weighted by molar-refractivity contribution is 5.72. The van der Waals surface area contributed by atoms with Gasteiger partial charge in [-0.25, -0.2) is 9.56 Å². The van der Waals surface area contributed by atoms with E-state index in [-0.39, 0.29) is 17.6 Å². The molecule has 0 atom stereocenters. The lowest BCUT2D eigenvalue weighted by Crippen LogP contribution is -2.30. The smallest absolute Gasteiger partial charge is 0.416 e. The van der Waals surface area contributed by atoms with Gasteiger partial charge in [-0.2, -0.15) is 0 Å². The van der Waals surface area contributed by atoms with Gasteiger partial charge in [0.25, 0.3) is 11.6 Å². The van der Waals surface area contributed by atoms with Gasteiger partial charge in [0.05, 0.1) is 32.6 Å². The van der Waals surface area contributed by atoms with Crippen molar-refractivity contribution < 1.29 is 14.2 Å². The first kappa shape index (κ1) is 24.5. The van der Waals surface area contributed by atoms with Crippen molar-refractivity contribution in [3.8, 4) is 0 Å². The van der Waals surface area contributed by atoms with Crippen LogP contribution in [0.1, 0.15) is 6.92 Å². The number of anilines is 1. The molecule has 1 aromatic carbocycles. The van der Waals surface area contributed by atoms with E-state index in [4.69, 9.17) is 27.4 Å². The molecule has 0 aliphatic heterocycles. The standard InChI is InChI=1S/C21H26N8O3/c1-7-29-20(23-3)19(22-2)25-21(29)27-26-17-9-8-16(14-18(17)24-15-32-6)28(10-12-30-4)11-13-31-5/h8-9,14-15H,7,10-13H2,1,4-6H3/b24-15-,27-26?. The van der Waals surface area contributed by atoms with Crippen LogP contribution < -0.4 is 4.90 Å². The van der Waals surface area contributed by atoms with Crippen LogP contribution in [0.15, 0.2) is 33.4 Å². The quantitative estimate of drug-likeness (QED) is 0.205. The lowest BCUT2D eigenvalue weighted by molar-refractivity contribution is 0.190. The molecule has 0 N–H and O–H groups in total. The highest BCUT2D eigenvalue weighted by Gasteiger charge is 2.21. The van der Waals surface area contributed by atoms with Gasteiger partial charge < -0.3 is 28.8 Å². The van der Waals surface area contributed by atoms with Crippen LogP contribution in [0.5, 0.6) is 0 Å². The number of azo groups is 1. The van der Waals surface area contributed by atoms with Crippen LogP contribution in [0.2, 0.25) is 0 Å². The molecule has 11 heteroatoms. The number of nitrogens with zero attached hydrogens (tertiary/aromatic N) is 8. The Labute approximate surface area is 187 Å². The minimum atomic E-state index is 0.00991. The van der Waals surface area contributed by atoms with E-state index in [1.54, 1.807) is 24.9 Å². The second-order valence-electron chi connectivity index (χ2n) is 6.34. The number of aliphatic imine (C=N–C) groups is 1. The van der Waals surface area contributed by atoms with Crippen LogP contribution in [0.3, 0.4) is 0 Å². The zero-order valence-corrected chi connectivity index (χ0v) is 18.6. The Balaban J connectivity index is 2.44. The van der Waals surface area contributed by atoms with Gasteiger partial charge in [-0.1, -0.05) is 23.2 Å². The number of hydrogen-bond acceptors (Lipinski definition) is 8. The molecule has 11 nitrogen and oxygen atoms in total. The SMILES string of the molecule is [C-]#[N+]c1nc(N=Nc2ccc(N(CCOC)CCOC)cc2/N=C\OC)n(CC)c1[N+]#[C-]. The van der Waals surface area contributed by atoms with Crippen molar-refractivity contribution >= 4 is 41.0 Å². The van der Waals surface area contributed by atoms with E-state index in [2.05, 4.69) is 34.8 Å². The third kappa shape index (κ3) is 6.11. The molecule has 1 aromatic heterocycles. The molecule has 1 heterocycles. The minimum Gasteiger partial charge on any atom is -0.486 e. The van der Waals surface area contributed by atoms with Crippen molar-refractivity contribution in [1.82, 2.24) is 9.55 Å². The highest BCUT2D eigenvalue weighted by Crippen LogP contribution is 2.36. The van der Waals surface area contributed by atoms with Gasteiger partial charge >= 0.3 is 5.95 Å². The molecule has 0 aliphatic carbocycles. The highest BCUT2D eigenvalue weighted by atomic mass is 16.5. The molecule has 0 bridgehead atoms. The van der Waals surface area contributed by atoms with Crippen LogP contribution in [0.4, 0.5) is 34.6 Å². The van der Waals surface area contributed by atoms with Gasteiger partial charge in [-0.3, -0.25) is 0 Å². The molecule has 0 aliphatic rings. The molecule has 0 saturated carbocycles. The summed E-state index contributed by atoms with van der Waals surface area (Å²) in [7, 11) is 4.82. The van der Waals surface area contributed by atoms with Crippen LogP contribution in [-0.2, 0) is 20.8 Å². The molecule has 2 aromatic rings. The summed E-state index contributed by atoms with van der Waals surface area (Å²) in [6, 6.07) is 5.57. The lowest BCUT2D eigenvalue weighted by Gasteiger charge is -2.24. The molecule has 0 spiro atoms. The lowest BCUT2D eigenvalue weighted by atomic mass is 10.2. The maximum Gasteiger partial charge on any atom is 0.416 e. The van der Waals surface area contributed by atoms with Crippen molar-refractivity contribution in [3.63, 3.8) is 0 Å². The van der Waals surface area contributed by atoms with Gasteiger partial charge in [-0.05, 0) is 25.1 Å². The summed E-state index contributed by atoms with van der Waals surface area (Å²) in [5.74, 6) is 0.351. The van der Waals surface area contributed by atoms with Gasteiger partial charge in [-0.15, -0.1) is 5.11 Å². The van der Waals surface area contributed by atoms with Crippen LogP contribution >= 0.6 is 0 Å². The first-order valence-corrected chi connectivity index (χ1v) is 9.82. The van der Waals surface area contributed by atoms with Crippen LogP contribution in [-0.4, -0.2) is 63.6 Å². The molecular formula is C21H26N8O3. The number of methoxy groups -OCH3 is 3. The zero-order chi connectivity index (χ0) is 23.3. The Bertz CT molecular complexity index is 1020. The van der Waals surface area contributed by atoms with Gasteiger partial charge in [0.15, 0.2) is 6.40 Å². The first-order valence-electron chi connectivity index (χ1n) is 9.82. The largest absolute Gasteiger partial charge is 0.486 e. The van der Waals surface area contributed by atoms with E-state index in [9.17, 15) is 0 Å². The van der Waals surface area contributed by atoms with Crippen molar-refractivity contribution in [2.75, 3.05) is 52.5 Å². The molecule has 32 heavy (non-hydrogen) atoms. The van der Waals surface area contributed by atoms with E-state index in [0.717, 1.165) is 5.69 Å². The summed E-state index contributed by atoms with van der Waals surface area (Å²) in [5, 5.41) is 8.47. The number of hydrogen-bond donors (Lipinski definition) is 0. The van der Waals surface area contributed by atoms with Crippen molar-refractivity contribution in [3.05, 3.63) is 41.0 Å². The van der Waals surface area contributed by atoms with Crippen molar-refractivity contribution in [2.24, 2.45) is 15.2 Å². The molecular weight excluding hydrogens is 412 g/mol. The monoisotopic (exact) mass is 438 g/mol. The molecule has 0 amide bonds. The van der Waals surface area contributed by atoms with Crippen molar-refractivity contribution in [2.45, 2.75) is 13.5 Å². The summed E-state index contributed by atoms with van der Waals surface area (Å²) in [4.78, 5) is 17.3. The summed E-state index contributed by atoms with van der Waals surface area (Å²) in [6.45, 7) is 19.3. The maximum atomic E-state index is 7.30. The average molecular weight is 438 g/mol. The summed E-state index contributed by atoms with van der Waals surface area (Å²) < 4.78 is 17.0. The van der Waals surface area contributed by atoms with E-state index in [0.29, 0.717) is 44.2 Å². The average Bonchev–Trinajstić information content (AvgIpc) is 3.18. The predicted molar refractivity (Wildman–Crippen MR) is 122 cm³/mol. The second kappa shape index (κ2) is 12.8. The molecule has 0 radical (unpaired) electrons. The van der Waals surface area contributed by atoms with Gasteiger partial charge in [0.2, 0.25) is 0 Å². The van der Waals surface area contributed by atoms with E-state index >= 15 is 0 Å². The Morgan fingerprint density at radius 1 is 1.06 bits per heavy atom. The fraction of sp³-hybridized carbons (Fsp3) is 0.429. The van der Waals surface area contributed by atoms with Crippen LogP contribution in [0, 0.1) is 13.1 Å². The summed E-state index contributed by atoms with van der Waals surface area (Å²) in [5.41, 5.74) is 1.94. The number of benzene rings is 1. The molecule has 2 rings (SSSR count). The van der Waals surface area contributed by atoms with Crippen molar-refractivity contribution in [1.29, 1.82) is 0 Å². The van der Waals surface area contributed by atoms with Gasteiger partial charge in [0, 0.05) is 33.0 Å². The Morgan fingerprint density at radius 2 is 1.78 bits per heavy atom. The maximum absolute atomic E-state index is 7.30. The molecule has 0 fully saturated rings. The van der Waals surface area contributed by atoms with Crippen LogP contribution in [0.25, 0.3) is 9.69 Å². The topological polar surface area (TPSA) is 94.5 Å². The Hall–Kier alpha value is -3.80. The zero-order valence-electron chi connectivity index (χ0n) is 18.6.